The predicted molar refractivity (Wildman–Crippen MR) is 122 cm³/mol. The number of tetrazole rings is 1. The second-order valence-corrected chi connectivity index (χ2v) is 8.76. The molecule has 1 atom stereocenters. The van der Waals surface area contributed by atoms with Gasteiger partial charge in [-0.1, -0.05) is 31.2 Å². The molecule has 0 saturated carbocycles. The van der Waals surface area contributed by atoms with Crippen LogP contribution >= 0.6 is 0 Å². The zero-order chi connectivity index (χ0) is 22.7. The van der Waals surface area contributed by atoms with Gasteiger partial charge in [-0.15, -0.1) is 5.10 Å². The van der Waals surface area contributed by atoms with Gasteiger partial charge in [0.15, 0.2) is 5.82 Å². The maximum Gasteiger partial charge on any atom is 0.173 e. The van der Waals surface area contributed by atoms with Gasteiger partial charge in [-0.3, -0.25) is 4.90 Å². The van der Waals surface area contributed by atoms with Crippen LogP contribution in [0.3, 0.4) is 0 Å². The van der Waals surface area contributed by atoms with Gasteiger partial charge < -0.3 is 9.64 Å². The van der Waals surface area contributed by atoms with Gasteiger partial charge in [0.2, 0.25) is 0 Å². The summed E-state index contributed by atoms with van der Waals surface area (Å²) in [6.07, 6.45) is 0.892. The minimum absolute atomic E-state index is 0.156. The highest BCUT2D eigenvalue weighted by Crippen LogP contribution is 2.34. The quantitative estimate of drug-likeness (QED) is 0.558. The zero-order valence-corrected chi connectivity index (χ0v) is 19.2. The number of benzene rings is 2. The van der Waals surface area contributed by atoms with E-state index >= 15 is 0 Å². The molecule has 7 nitrogen and oxygen atoms in total. The number of nitrogens with zero attached hydrogens (tertiary/aromatic N) is 6. The largest absolute Gasteiger partial charge is 0.495 e. The molecule has 1 saturated heterocycles. The van der Waals surface area contributed by atoms with Crippen LogP contribution in [0.1, 0.15) is 44.6 Å². The van der Waals surface area contributed by atoms with Crippen LogP contribution in [0.5, 0.6) is 5.75 Å². The van der Waals surface area contributed by atoms with Crippen LogP contribution in [0.15, 0.2) is 48.5 Å². The van der Waals surface area contributed by atoms with Crippen LogP contribution in [0.2, 0.25) is 0 Å². The van der Waals surface area contributed by atoms with Gasteiger partial charge in [0.05, 0.1) is 24.4 Å². The van der Waals surface area contributed by atoms with E-state index in [1.54, 1.807) is 7.11 Å². The number of rotatable bonds is 7. The molecule has 0 bridgehead atoms. The van der Waals surface area contributed by atoms with E-state index in [2.05, 4.69) is 52.2 Å². The Morgan fingerprint density at radius 2 is 1.72 bits per heavy atom. The average Bonchev–Trinajstić information content (AvgIpc) is 3.31. The summed E-state index contributed by atoms with van der Waals surface area (Å²) in [6.45, 7) is 9.72. The summed E-state index contributed by atoms with van der Waals surface area (Å²) in [4.78, 5) is 4.73. The monoisotopic (exact) mass is 438 g/mol. The summed E-state index contributed by atoms with van der Waals surface area (Å²) in [6, 6.07) is 14.6. The molecule has 1 aliphatic heterocycles. The van der Waals surface area contributed by atoms with Gasteiger partial charge in [0, 0.05) is 26.2 Å². The van der Waals surface area contributed by atoms with Crippen molar-refractivity contribution in [1.29, 1.82) is 0 Å². The number of para-hydroxylation sites is 2. The SMILES string of the molecule is CCC(C)(C)n1nnnc1[C@H](c1ccc(F)cc1)N1CCN(c2ccccc2OC)CC1. The minimum Gasteiger partial charge on any atom is -0.495 e. The molecule has 3 aromatic rings. The van der Waals surface area contributed by atoms with Crippen molar-refractivity contribution in [2.45, 2.75) is 38.8 Å². The van der Waals surface area contributed by atoms with E-state index in [1.807, 2.05) is 35.0 Å². The maximum atomic E-state index is 13.7. The van der Waals surface area contributed by atoms with Crippen molar-refractivity contribution in [2.75, 3.05) is 38.2 Å². The lowest BCUT2D eigenvalue weighted by atomic mass is 9.99. The molecule has 1 fully saturated rings. The maximum absolute atomic E-state index is 13.7. The van der Waals surface area contributed by atoms with E-state index in [9.17, 15) is 4.39 Å². The number of piperazine rings is 1. The summed E-state index contributed by atoms with van der Waals surface area (Å²) in [5.74, 6) is 1.42. The minimum atomic E-state index is -0.248. The van der Waals surface area contributed by atoms with Gasteiger partial charge in [0.1, 0.15) is 11.6 Å². The molecule has 0 unspecified atom stereocenters. The molecule has 170 valence electrons. The molecule has 0 amide bonds. The topological polar surface area (TPSA) is 59.3 Å². The van der Waals surface area contributed by atoms with Crippen molar-refractivity contribution in [3.63, 3.8) is 0 Å². The first-order valence-corrected chi connectivity index (χ1v) is 11.1. The van der Waals surface area contributed by atoms with E-state index in [4.69, 9.17) is 4.74 Å². The zero-order valence-electron chi connectivity index (χ0n) is 19.2. The summed E-state index contributed by atoms with van der Waals surface area (Å²) >= 11 is 0. The first kappa shape index (κ1) is 22.2. The summed E-state index contributed by atoms with van der Waals surface area (Å²) in [7, 11) is 1.70. The summed E-state index contributed by atoms with van der Waals surface area (Å²) in [5, 5.41) is 12.8. The molecule has 0 aliphatic carbocycles. The van der Waals surface area contributed by atoms with Crippen molar-refractivity contribution >= 4 is 5.69 Å². The molecule has 32 heavy (non-hydrogen) atoms. The Hall–Kier alpha value is -3.00. The fourth-order valence-corrected chi connectivity index (χ4v) is 4.23. The molecule has 8 heteroatoms. The van der Waals surface area contributed by atoms with E-state index in [1.165, 1.54) is 12.1 Å². The third-order valence-electron chi connectivity index (χ3n) is 6.47. The van der Waals surface area contributed by atoms with Crippen LogP contribution in [0.4, 0.5) is 10.1 Å². The highest BCUT2D eigenvalue weighted by molar-refractivity contribution is 5.58. The first-order chi connectivity index (χ1) is 15.4. The van der Waals surface area contributed by atoms with Crippen LogP contribution < -0.4 is 9.64 Å². The Bertz CT molecular complexity index is 1030. The van der Waals surface area contributed by atoms with Gasteiger partial charge in [0.25, 0.3) is 0 Å². The molecular weight excluding hydrogens is 407 g/mol. The second kappa shape index (κ2) is 9.24. The standard InChI is InChI=1S/C24H31FN6O/c1-5-24(2,3)31-23(26-27-28-31)22(18-10-12-19(25)13-11-18)30-16-14-29(15-17-30)20-8-6-7-9-21(20)32-4/h6-13,22H,5,14-17H2,1-4H3/t22-/m0/s1. The fraction of sp³-hybridized carbons (Fsp3) is 0.458. The Kier molecular flexibility index (Phi) is 6.41. The molecule has 0 radical (unpaired) electrons. The molecule has 0 N–H and O–H groups in total. The van der Waals surface area contributed by atoms with Crippen LogP contribution in [0, 0.1) is 5.82 Å². The van der Waals surface area contributed by atoms with Gasteiger partial charge in [-0.25, -0.2) is 9.07 Å². The van der Waals surface area contributed by atoms with E-state index in [0.717, 1.165) is 55.4 Å². The molecule has 1 aliphatic rings. The normalized spacial score (nSPS) is 16.2. The Morgan fingerprint density at radius 1 is 1.03 bits per heavy atom. The van der Waals surface area contributed by atoms with Crippen molar-refractivity contribution in [3.8, 4) is 5.75 Å². The summed E-state index contributed by atoms with van der Waals surface area (Å²) in [5.41, 5.74) is 1.86. The molecule has 0 spiro atoms. The van der Waals surface area contributed by atoms with Crippen LogP contribution in [0.25, 0.3) is 0 Å². The van der Waals surface area contributed by atoms with Crippen molar-refractivity contribution < 1.29 is 9.13 Å². The van der Waals surface area contributed by atoms with Crippen molar-refractivity contribution in [2.24, 2.45) is 0 Å². The molecular formula is C24H31FN6O. The number of hydrogen-bond donors (Lipinski definition) is 0. The summed E-state index contributed by atoms with van der Waals surface area (Å²) < 4.78 is 21.2. The van der Waals surface area contributed by atoms with E-state index in [-0.39, 0.29) is 17.4 Å². The third-order valence-corrected chi connectivity index (χ3v) is 6.47. The Balaban J connectivity index is 1.64. The van der Waals surface area contributed by atoms with E-state index in [0.29, 0.717) is 0 Å². The number of hydrogen-bond acceptors (Lipinski definition) is 6. The lowest BCUT2D eigenvalue weighted by Gasteiger charge is -2.40. The molecule has 2 heterocycles. The van der Waals surface area contributed by atoms with Crippen molar-refractivity contribution in [3.05, 3.63) is 65.7 Å². The first-order valence-electron chi connectivity index (χ1n) is 11.1. The van der Waals surface area contributed by atoms with Gasteiger partial charge in [-0.05, 0) is 60.5 Å². The number of methoxy groups -OCH3 is 1. The lowest BCUT2D eigenvalue weighted by Crippen LogP contribution is -2.49. The molecule has 4 rings (SSSR count). The van der Waals surface area contributed by atoms with Gasteiger partial charge in [-0.2, -0.15) is 0 Å². The number of ether oxygens (including phenoxy) is 1. The molecule has 2 aromatic carbocycles. The smallest absolute Gasteiger partial charge is 0.173 e. The second-order valence-electron chi connectivity index (χ2n) is 8.76. The predicted octanol–water partition coefficient (Wildman–Crippen LogP) is 3.88. The Morgan fingerprint density at radius 3 is 2.38 bits per heavy atom. The van der Waals surface area contributed by atoms with Gasteiger partial charge >= 0.3 is 0 Å². The van der Waals surface area contributed by atoms with Crippen LogP contribution in [-0.2, 0) is 5.54 Å². The highest BCUT2D eigenvalue weighted by Gasteiger charge is 2.34. The number of aromatic nitrogens is 4. The van der Waals surface area contributed by atoms with Crippen molar-refractivity contribution in [1.82, 2.24) is 25.1 Å². The lowest BCUT2D eigenvalue weighted by molar-refractivity contribution is 0.187. The number of anilines is 1. The average molecular weight is 439 g/mol. The third kappa shape index (κ3) is 4.32. The fourth-order valence-electron chi connectivity index (χ4n) is 4.23. The highest BCUT2D eigenvalue weighted by atomic mass is 19.1. The number of halogens is 1. The van der Waals surface area contributed by atoms with Crippen LogP contribution in [-0.4, -0.2) is 58.4 Å². The Labute approximate surface area is 188 Å². The van der Waals surface area contributed by atoms with E-state index < -0.39 is 0 Å². The molecule has 1 aromatic heterocycles.